The molecule has 18 heavy (non-hydrogen) atoms. The molecule has 0 spiro atoms. The van der Waals surface area contributed by atoms with Gasteiger partial charge < -0.3 is 14.2 Å². The summed E-state index contributed by atoms with van der Waals surface area (Å²) < 4.78 is 18.3. The molecule has 1 saturated carbocycles. The maximum absolute atomic E-state index is 6.29. The monoisotopic (exact) mass is 256 g/mol. The maximum atomic E-state index is 6.29. The summed E-state index contributed by atoms with van der Waals surface area (Å²) in [4.78, 5) is 0. The summed E-state index contributed by atoms with van der Waals surface area (Å²) >= 11 is 0. The first-order valence-electron chi connectivity index (χ1n) is 7.39. The van der Waals surface area contributed by atoms with Crippen LogP contribution >= 0.6 is 0 Å². The summed E-state index contributed by atoms with van der Waals surface area (Å²) in [7, 11) is 0. The van der Waals surface area contributed by atoms with E-state index in [4.69, 9.17) is 14.2 Å². The van der Waals surface area contributed by atoms with Crippen molar-refractivity contribution in [2.24, 2.45) is 5.92 Å². The Hall–Kier alpha value is -0.120. The van der Waals surface area contributed by atoms with Crippen molar-refractivity contribution in [1.29, 1.82) is 0 Å². The van der Waals surface area contributed by atoms with Gasteiger partial charge in [-0.2, -0.15) is 0 Å². The van der Waals surface area contributed by atoms with Crippen LogP contribution in [0.5, 0.6) is 0 Å². The van der Waals surface area contributed by atoms with Gasteiger partial charge in [-0.3, -0.25) is 0 Å². The van der Waals surface area contributed by atoms with Crippen LogP contribution in [0.3, 0.4) is 0 Å². The highest BCUT2D eigenvalue weighted by atomic mass is 16.6. The minimum absolute atomic E-state index is 0.198. The van der Waals surface area contributed by atoms with E-state index in [9.17, 15) is 0 Å². The summed E-state index contributed by atoms with van der Waals surface area (Å²) in [5.41, 5.74) is -0.198. The molecule has 1 saturated heterocycles. The van der Waals surface area contributed by atoms with E-state index in [0.29, 0.717) is 18.6 Å². The van der Waals surface area contributed by atoms with Gasteiger partial charge in [-0.25, -0.2) is 0 Å². The lowest BCUT2D eigenvalue weighted by Gasteiger charge is -2.40. The second-order valence-electron chi connectivity index (χ2n) is 6.41. The van der Waals surface area contributed by atoms with Crippen LogP contribution in [0.1, 0.15) is 53.9 Å². The Bertz CT molecular complexity index is 277. The van der Waals surface area contributed by atoms with Crippen LogP contribution in [0.15, 0.2) is 0 Å². The molecule has 106 valence electrons. The third-order valence-corrected chi connectivity index (χ3v) is 4.15. The fraction of sp³-hybridized carbons (Fsp3) is 1.00. The number of ether oxygens (including phenoxy) is 3. The maximum Gasteiger partial charge on any atom is 0.118 e. The van der Waals surface area contributed by atoms with E-state index in [0.717, 1.165) is 6.42 Å². The first-order chi connectivity index (χ1) is 8.44. The van der Waals surface area contributed by atoms with Crippen molar-refractivity contribution in [3.05, 3.63) is 0 Å². The standard InChI is InChI=1S/C15H28O3/c1-10(2)16-9-15-8-6-7-13(12(5)18-15)14(15)17-11(3)4/h10-14H,6-9H2,1-5H3/t12?,13-,14?,15?/m0/s1. The van der Waals surface area contributed by atoms with Gasteiger partial charge in [0.2, 0.25) is 0 Å². The van der Waals surface area contributed by atoms with Gasteiger partial charge >= 0.3 is 0 Å². The van der Waals surface area contributed by atoms with Crippen molar-refractivity contribution in [3.63, 3.8) is 0 Å². The molecule has 3 nitrogen and oxygen atoms in total. The summed E-state index contributed by atoms with van der Waals surface area (Å²) in [6.07, 6.45) is 4.53. The SMILES string of the molecule is CC(C)OCC12CCC[C@@H](C(C)O1)C2OC(C)C. The Morgan fingerprint density at radius 1 is 1.22 bits per heavy atom. The molecule has 2 fully saturated rings. The van der Waals surface area contributed by atoms with E-state index < -0.39 is 0 Å². The molecule has 2 aliphatic rings. The van der Waals surface area contributed by atoms with Gasteiger partial charge in [0.25, 0.3) is 0 Å². The summed E-state index contributed by atoms with van der Waals surface area (Å²) in [5, 5.41) is 0. The zero-order valence-corrected chi connectivity index (χ0v) is 12.4. The van der Waals surface area contributed by atoms with Gasteiger partial charge in [-0.15, -0.1) is 0 Å². The van der Waals surface area contributed by atoms with Crippen molar-refractivity contribution in [3.8, 4) is 0 Å². The average molecular weight is 256 g/mol. The van der Waals surface area contributed by atoms with Gasteiger partial charge in [0.1, 0.15) is 5.60 Å². The molecule has 0 aromatic heterocycles. The lowest BCUT2D eigenvalue weighted by atomic mass is 9.77. The molecular formula is C15H28O3. The molecule has 3 heteroatoms. The van der Waals surface area contributed by atoms with Crippen LogP contribution in [0.4, 0.5) is 0 Å². The zero-order valence-electron chi connectivity index (χ0n) is 12.4. The van der Waals surface area contributed by atoms with E-state index >= 15 is 0 Å². The summed E-state index contributed by atoms with van der Waals surface area (Å²) in [6.45, 7) is 11.2. The van der Waals surface area contributed by atoms with E-state index in [-0.39, 0.29) is 23.9 Å². The molecule has 1 aliphatic heterocycles. The van der Waals surface area contributed by atoms with Crippen molar-refractivity contribution in [2.45, 2.75) is 83.9 Å². The Labute approximate surface area is 111 Å². The van der Waals surface area contributed by atoms with Gasteiger partial charge in [-0.05, 0) is 53.9 Å². The Balaban J connectivity index is 2.12. The number of hydrogen-bond donors (Lipinski definition) is 0. The Morgan fingerprint density at radius 2 is 1.94 bits per heavy atom. The molecular weight excluding hydrogens is 228 g/mol. The van der Waals surface area contributed by atoms with Gasteiger partial charge in [0.15, 0.2) is 0 Å². The van der Waals surface area contributed by atoms with Crippen LogP contribution in [-0.4, -0.2) is 36.6 Å². The lowest BCUT2D eigenvalue weighted by molar-refractivity contribution is -0.164. The van der Waals surface area contributed by atoms with Gasteiger partial charge in [-0.1, -0.05) is 0 Å². The molecule has 2 bridgehead atoms. The molecule has 0 aromatic rings. The predicted octanol–water partition coefficient (Wildman–Crippen LogP) is 3.16. The lowest BCUT2D eigenvalue weighted by Crippen LogP contribution is -2.50. The Kier molecular flexibility index (Phi) is 4.35. The van der Waals surface area contributed by atoms with E-state index in [1.165, 1.54) is 12.8 Å². The minimum Gasteiger partial charge on any atom is -0.376 e. The molecule has 0 radical (unpaired) electrons. The van der Waals surface area contributed by atoms with E-state index in [1.807, 2.05) is 0 Å². The molecule has 2 rings (SSSR count). The van der Waals surface area contributed by atoms with Crippen molar-refractivity contribution in [2.75, 3.05) is 6.61 Å². The third-order valence-electron chi connectivity index (χ3n) is 4.15. The average Bonchev–Trinajstić information content (AvgIpc) is 2.44. The number of hydrogen-bond acceptors (Lipinski definition) is 3. The van der Waals surface area contributed by atoms with Crippen LogP contribution in [0, 0.1) is 5.92 Å². The highest BCUT2D eigenvalue weighted by molar-refractivity contribution is 5.05. The highest BCUT2D eigenvalue weighted by Gasteiger charge is 2.56. The van der Waals surface area contributed by atoms with Crippen molar-refractivity contribution in [1.82, 2.24) is 0 Å². The molecule has 4 atom stereocenters. The second-order valence-corrected chi connectivity index (χ2v) is 6.41. The van der Waals surface area contributed by atoms with Crippen LogP contribution in [-0.2, 0) is 14.2 Å². The molecule has 0 aromatic carbocycles. The first-order valence-corrected chi connectivity index (χ1v) is 7.39. The zero-order chi connectivity index (χ0) is 13.3. The topological polar surface area (TPSA) is 27.7 Å². The largest absolute Gasteiger partial charge is 0.376 e. The Morgan fingerprint density at radius 3 is 2.56 bits per heavy atom. The summed E-state index contributed by atoms with van der Waals surface area (Å²) in [6, 6.07) is 0. The summed E-state index contributed by atoms with van der Waals surface area (Å²) in [5.74, 6) is 0.539. The van der Waals surface area contributed by atoms with Gasteiger partial charge in [0.05, 0.1) is 31.0 Å². The first kappa shape index (κ1) is 14.3. The highest BCUT2D eigenvalue weighted by Crippen LogP contribution is 2.48. The molecule has 0 N–H and O–H groups in total. The smallest absolute Gasteiger partial charge is 0.118 e. The van der Waals surface area contributed by atoms with Crippen LogP contribution in [0.25, 0.3) is 0 Å². The van der Waals surface area contributed by atoms with Gasteiger partial charge in [0, 0.05) is 5.92 Å². The second kappa shape index (κ2) is 5.48. The normalized spacial score (nSPS) is 39.8. The number of fused-ring (bicyclic) bond motifs is 2. The van der Waals surface area contributed by atoms with E-state index in [1.54, 1.807) is 0 Å². The fourth-order valence-electron chi connectivity index (χ4n) is 3.40. The fourth-order valence-corrected chi connectivity index (χ4v) is 3.40. The third kappa shape index (κ3) is 2.73. The minimum atomic E-state index is -0.198. The molecule has 1 heterocycles. The molecule has 0 amide bonds. The number of rotatable bonds is 5. The molecule has 1 aliphatic carbocycles. The molecule has 3 unspecified atom stereocenters. The van der Waals surface area contributed by atoms with E-state index in [2.05, 4.69) is 34.6 Å². The predicted molar refractivity (Wildman–Crippen MR) is 71.7 cm³/mol. The van der Waals surface area contributed by atoms with Crippen LogP contribution in [0.2, 0.25) is 0 Å². The van der Waals surface area contributed by atoms with Crippen molar-refractivity contribution < 1.29 is 14.2 Å². The van der Waals surface area contributed by atoms with Crippen LogP contribution < -0.4 is 0 Å². The van der Waals surface area contributed by atoms with Crippen molar-refractivity contribution >= 4 is 0 Å². The quantitative estimate of drug-likeness (QED) is 0.756.